The Labute approximate surface area is 161 Å². The molecule has 1 fully saturated rings. The number of amides is 2. The number of piperidine rings is 1. The highest BCUT2D eigenvalue weighted by molar-refractivity contribution is 5.89. The van der Waals surface area contributed by atoms with Gasteiger partial charge in [0.25, 0.3) is 0 Å². The van der Waals surface area contributed by atoms with E-state index in [1.54, 1.807) is 4.90 Å². The van der Waals surface area contributed by atoms with Gasteiger partial charge in [0.2, 0.25) is 5.91 Å². The molecule has 8 heteroatoms. The van der Waals surface area contributed by atoms with E-state index in [1.165, 1.54) is 0 Å². The Kier molecular flexibility index (Phi) is 7.24. The third-order valence-electron chi connectivity index (χ3n) is 4.42. The minimum Gasteiger partial charge on any atom is -0.444 e. The van der Waals surface area contributed by atoms with Crippen molar-refractivity contribution in [1.82, 2.24) is 19.6 Å². The number of likely N-dealkylation sites (tertiary alicyclic amines) is 1. The van der Waals surface area contributed by atoms with E-state index in [-0.39, 0.29) is 17.9 Å². The van der Waals surface area contributed by atoms with Gasteiger partial charge in [0.1, 0.15) is 5.60 Å². The molecular formula is C19H33N5O3. The lowest BCUT2D eigenvalue weighted by Gasteiger charge is -2.33. The van der Waals surface area contributed by atoms with E-state index >= 15 is 0 Å². The fraction of sp³-hybridized carbons (Fsp3) is 0.737. The molecule has 2 amide bonds. The lowest BCUT2D eigenvalue weighted by molar-refractivity contribution is -0.117. The van der Waals surface area contributed by atoms with Crippen LogP contribution in [0.15, 0.2) is 12.3 Å². The van der Waals surface area contributed by atoms with Crippen LogP contribution in [0.2, 0.25) is 0 Å². The molecular weight excluding hydrogens is 346 g/mol. The molecule has 1 aromatic heterocycles. The maximum Gasteiger partial charge on any atom is 0.410 e. The highest BCUT2D eigenvalue weighted by Crippen LogP contribution is 2.22. The molecule has 0 radical (unpaired) electrons. The van der Waals surface area contributed by atoms with E-state index in [4.69, 9.17) is 4.74 Å². The monoisotopic (exact) mass is 379 g/mol. The average Bonchev–Trinajstić information content (AvgIpc) is 2.99. The first-order valence-electron chi connectivity index (χ1n) is 9.58. The number of ether oxygens (including phenoxy) is 1. The Morgan fingerprint density at radius 3 is 2.56 bits per heavy atom. The van der Waals surface area contributed by atoms with Crippen LogP contribution in [0.4, 0.5) is 10.6 Å². The summed E-state index contributed by atoms with van der Waals surface area (Å²) in [5.41, 5.74) is -0.482. The quantitative estimate of drug-likeness (QED) is 0.821. The minimum atomic E-state index is -0.482. The molecule has 0 unspecified atom stereocenters. The molecule has 2 heterocycles. The predicted molar refractivity (Wildman–Crippen MR) is 105 cm³/mol. The Bertz CT molecular complexity index is 628. The zero-order valence-corrected chi connectivity index (χ0v) is 17.2. The number of carbonyl (C=O) groups is 2. The van der Waals surface area contributed by atoms with Crippen molar-refractivity contribution in [3.05, 3.63) is 12.3 Å². The van der Waals surface area contributed by atoms with Crippen LogP contribution < -0.4 is 5.32 Å². The molecule has 2 rings (SSSR count). The number of hydrogen-bond acceptors (Lipinski definition) is 5. The van der Waals surface area contributed by atoms with Crippen molar-refractivity contribution in [2.45, 2.75) is 52.2 Å². The number of nitrogens with zero attached hydrogens (tertiary/aromatic N) is 4. The van der Waals surface area contributed by atoms with Crippen molar-refractivity contribution in [2.24, 2.45) is 5.92 Å². The maximum atomic E-state index is 12.3. The summed E-state index contributed by atoms with van der Waals surface area (Å²) in [5, 5.41) is 7.25. The van der Waals surface area contributed by atoms with Gasteiger partial charge in [-0.25, -0.2) is 4.79 Å². The molecule has 0 spiro atoms. The second kappa shape index (κ2) is 9.21. The highest BCUT2D eigenvalue weighted by atomic mass is 16.6. The summed E-state index contributed by atoms with van der Waals surface area (Å²) in [6, 6.07) is 1.82. The number of aromatic nitrogens is 2. The summed E-state index contributed by atoms with van der Waals surface area (Å²) in [6.07, 6.45) is 3.67. The Hall–Kier alpha value is -2.09. The third-order valence-corrected chi connectivity index (χ3v) is 4.42. The second-order valence-corrected chi connectivity index (χ2v) is 8.43. The molecule has 27 heavy (non-hydrogen) atoms. The molecule has 1 N–H and O–H groups in total. The highest BCUT2D eigenvalue weighted by Gasteiger charge is 2.27. The summed E-state index contributed by atoms with van der Waals surface area (Å²) < 4.78 is 7.23. The van der Waals surface area contributed by atoms with Gasteiger partial charge in [0.15, 0.2) is 5.82 Å². The van der Waals surface area contributed by atoms with Gasteiger partial charge in [-0.3, -0.25) is 9.48 Å². The van der Waals surface area contributed by atoms with Crippen molar-refractivity contribution in [3.63, 3.8) is 0 Å². The first-order valence-corrected chi connectivity index (χ1v) is 9.58. The van der Waals surface area contributed by atoms with E-state index in [2.05, 4.69) is 15.3 Å². The average molecular weight is 380 g/mol. The molecule has 1 aromatic rings. The lowest BCUT2D eigenvalue weighted by Crippen LogP contribution is -2.42. The smallest absolute Gasteiger partial charge is 0.410 e. The fourth-order valence-electron chi connectivity index (χ4n) is 2.96. The Morgan fingerprint density at radius 1 is 1.30 bits per heavy atom. The van der Waals surface area contributed by atoms with Crippen molar-refractivity contribution in [3.8, 4) is 0 Å². The topological polar surface area (TPSA) is 79.7 Å². The number of carbonyl (C=O) groups excluding carboxylic acids is 2. The number of nitrogens with one attached hydrogen (secondary N) is 1. The third kappa shape index (κ3) is 7.58. The zero-order valence-electron chi connectivity index (χ0n) is 17.2. The molecule has 0 aliphatic carbocycles. The van der Waals surface area contributed by atoms with Gasteiger partial charge < -0.3 is 19.9 Å². The van der Waals surface area contributed by atoms with Crippen LogP contribution in [0.5, 0.6) is 0 Å². The Balaban J connectivity index is 1.72. The predicted octanol–water partition coefficient (Wildman–Crippen LogP) is 2.42. The summed E-state index contributed by atoms with van der Waals surface area (Å²) in [4.78, 5) is 28.2. The molecule has 152 valence electrons. The molecule has 1 aliphatic rings. The van der Waals surface area contributed by atoms with Crippen LogP contribution in [-0.2, 0) is 16.1 Å². The SMILES string of the molecule is CN(C)CCn1ccc(NC(=O)CC2CCN(C(=O)OC(C)(C)C)CC2)n1. The van der Waals surface area contributed by atoms with Crippen molar-refractivity contribution in [2.75, 3.05) is 39.0 Å². The maximum absolute atomic E-state index is 12.3. The van der Waals surface area contributed by atoms with E-state index in [0.717, 1.165) is 25.9 Å². The van der Waals surface area contributed by atoms with Crippen LogP contribution in [0.1, 0.15) is 40.0 Å². The van der Waals surface area contributed by atoms with Gasteiger partial charge in [-0.05, 0) is 53.6 Å². The molecule has 1 saturated heterocycles. The molecule has 0 bridgehead atoms. The summed E-state index contributed by atoms with van der Waals surface area (Å²) in [6.45, 7) is 8.53. The van der Waals surface area contributed by atoms with Crippen LogP contribution in [0, 0.1) is 5.92 Å². The zero-order chi connectivity index (χ0) is 20.0. The van der Waals surface area contributed by atoms with Crippen LogP contribution in [0.3, 0.4) is 0 Å². The minimum absolute atomic E-state index is 0.0245. The van der Waals surface area contributed by atoms with Crippen molar-refractivity contribution >= 4 is 17.8 Å². The summed E-state index contributed by atoms with van der Waals surface area (Å²) in [5.74, 6) is 0.841. The van der Waals surface area contributed by atoms with Crippen LogP contribution >= 0.6 is 0 Å². The molecule has 8 nitrogen and oxygen atoms in total. The number of likely N-dealkylation sites (N-methyl/N-ethyl adjacent to an activating group) is 1. The summed E-state index contributed by atoms with van der Waals surface area (Å²) in [7, 11) is 4.03. The van der Waals surface area contributed by atoms with Crippen LogP contribution in [0.25, 0.3) is 0 Å². The largest absolute Gasteiger partial charge is 0.444 e. The summed E-state index contributed by atoms with van der Waals surface area (Å²) >= 11 is 0. The number of hydrogen-bond donors (Lipinski definition) is 1. The van der Waals surface area contributed by atoms with E-state index in [0.29, 0.717) is 25.3 Å². The van der Waals surface area contributed by atoms with Gasteiger partial charge in [-0.15, -0.1) is 0 Å². The van der Waals surface area contributed by atoms with E-state index in [1.807, 2.05) is 51.8 Å². The standard InChI is InChI=1S/C19H33N5O3/c1-19(2,3)27-18(26)23-9-6-15(7-10-23)14-17(25)20-16-8-11-24(21-16)13-12-22(4)5/h8,11,15H,6-7,9-10,12-14H2,1-5H3,(H,20,21,25). The van der Waals surface area contributed by atoms with Crippen LogP contribution in [-0.4, -0.2) is 70.9 Å². The molecule has 1 aliphatic heterocycles. The van der Waals surface area contributed by atoms with Gasteiger partial charge in [-0.2, -0.15) is 5.10 Å². The van der Waals surface area contributed by atoms with Gasteiger partial charge in [0.05, 0.1) is 6.54 Å². The van der Waals surface area contributed by atoms with Gasteiger partial charge in [0, 0.05) is 38.3 Å². The second-order valence-electron chi connectivity index (χ2n) is 8.43. The number of anilines is 1. The molecule has 0 atom stereocenters. The van der Waals surface area contributed by atoms with Gasteiger partial charge >= 0.3 is 6.09 Å². The number of rotatable bonds is 6. The first kappa shape index (κ1) is 21.2. The molecule has 0 saturated carbocycles. The normalized spacial score (nSPS) is 15.9. The lowest BCUT2D eigenvalue weighted by atomic mass is 9.93. The van der Waals surface area contributed by atoms with Crippen molar-refractivity contribution in [1.29, 1.82) is 0 Å². The fourth-order valence-corrected chi connectivity index (χ4v) is 2.96. The first-order chi connectivity index (χ1) is 12.6. The van der Waals surface area contributed by atoms with E-state index < -0.39 is 5.60 Å². The van der Waals surface area contributed by atoms with E-state index in [9.17, 15) is 9.59 Å². The Morgan fingerprint density at radius 2 is 1.96 bits per heavy atom. The van der Waals surface area contributed by atoms with Crippen molar-refractivity contribution < 1.29 is 14.3 Å². The van der Waals surface area contributed by atoms with Gasteiger partial charge in [-0.1, -0.05) is 0 Å². The molecule has 0 aromatic carbocycles.